The average molecular weight is 366 g/mol. The number of aromatic nitrogens is 2. The summed E-state index contributed by atoms with van der Waals surface area (Å²) in [5, 5.41) is 4.22. The Morgan fingerprint density at radius 3 is 3.04 bits per heavy atom. The van der Waals surface area contributed by atoms with Gasteiger partial charge in [-0.1, -0.05) is 12.1 Å². The van der Waals surface area contributed by atoms with E-state index in [1.54, 1.807) is 6.07 Å². The summed E-state index contributed by atoms with van der Waals surface area (Å²) in [6.45, 7) is 7.00. The summed E-state index contributed by atoms with van der Waals surface area (Å²) in [6, 6.07) is 11.1. The van der Waals surface area contributed by atoms with Gasteiger partial charge < -0.3 is 15.0 Å². The first-order valence-electron chi connectivity index (χ1n) is 9.21. The average Bonchev–Trinajstić information content (AvgIpc) is 2.67. The molecule has 5 nitrogen and oxygen atoms in total. The molecule has 1 unspecified atom stereocenters. The van der Waals surface area contributed by atoms with E-state index in [2.05, 4.69) is 33.2 Å². The molecule has 0 saturated carbocycles. The van der Waals surface area contributed by atoms with E-state index < -0.39 is 0 Å². The molecule has 1 aromatic carbocycles. The van der Waals surface area contributed by atoms with Gasteiger partial charge in [-0.25, -0.2) is 14.4 Å². The van der Waals surface area contributed by atoms with Crippen molar-refractivity contribution in [2.45, 2.75) is 26.5 Å². The molecule has 1 fully saturated rings. The smallest absolute Gasteiger partial charge is 0.149 e. The predicted octanol–water partition coefficient (Wildman–Crippen LogP) is 3.91. The fourth-order valence-corrected chi connectivity index (χ4v) is 3.46. The molecule has 0 amide bonds. The normalized spacial score (nSPS) is 17.3. The summed E-state index contributed by atoms with van der Waals surface area (Å²) in [7, 11) is 0. The van der Waals surface area contributed by atoms with Crippen LogP contribution in [0.4, 0.5) is 15.9 Å². The van der Waals surface area contributed by atoms with Gasteiger partial charge in [0.15, 0.2) is 0 Å². The Morgan fingerprint density at radius 1 is 1.30 bits per heavy atom. The molecule has 1 aliphatic heterocycles. The third-order valence-corrected chi connectivity index (χ3v) is 4.78. The van der Waals surface area contributed by atoms with Gasteiger partial charge >= 0.3 is 0 Å². The number of hydrogen-bond acceptors (Lipinski definition) is 5. The van der Waals surface area contributed by atoms with Crippen LogP contribution in [0.2, 0.25) is 0 Å². The lowest BCUT2D eigenvalue weighted by molar-refractivity contribution is 0.0529. The predicted molar refractivity (Wildman–Crippen MR) is 106 cm³/mol. The third-order valence-electron chi connectivity index (χ3n) is 4.78. The minimum absolute atomic E-state index is 0.211. The van der Waals surface area contributed by atoms with E-state index in [9.17, 15) is 4.39 Å². The summed E-state index contributed by atoms with van der Waals surface area (Å²) in [4.78, 5) is 11.1. The van der Waals surface area contributed by atoms with Gasteiger partial charge in [0.25, 0.3) is 0 Å². The molecule has 3 heterocycles. The van der Waals surface area contributed by atoms with E-state index in [4.69, 9.17) is 4.74 Å². The van der Waals surface area contributed by atoms with Gasteiger partial charge in [-0.15, -0.1) is 0 Å². The molecular formula is C21H23FN4O. The lowest BCUT2D eigenvalue weighted by atomic mass is 10.1. The SMILES string of the molecule is Cc1cc(NCc2ccnc(N3CCOC(C)C3)c2)c2cccc(F)c2n1. The molecule has 2 aromatic heterocycles. The number of pyridine rings is 2. The standard InChI is InChI=1S/C21H23FN4O/c1-14-10-19(17-4-3-5-18(22)21(17)25-14)24-12-16-6-7-23-20(11-16)26-8-9-27-15(2)13-26/h3-7,10-11,15H,8-9,12-13H2,1-2H3,(H,24,25). The summed E-state index contributed by atoms with van der Waals surface area (Å²) < 4.78 is 19.7. The van der Waals surface area contributed by atoms with Crippen LogP contribution < -0.4 is 10.2 Å². The minimum Gasteiger partial charge on any atom is -0.380 e. The van der Waals surface area contributed by atoms with Crippen LogP contribution in [0, 0.1) is 12.7 Å². The first kappa shape index (κ1) is 17.7. The van der Waals surface area contributed by atoms with Gasteiger partial charge in [-0.2, -0.15) is 0 Å². The molecule has 3 aromatic rings. The highest BCUT2D eigenvalue weighted by Gasteiger charge is 2.18. The van der Waals surface area contributed by atoms with Crippen molar-refractivity contribution in [2.75, 3.05) is 29.9 Å². The maximum Gasteiger partial charge on any atom is 0.149 e. The molecule has 27 heavy (non-hydrogen) atoms. The van der Waals surface area contributed by atoms with Crippen molar-refractivity contribution < 1.29 is 9.13 Å². The number of morpholine rings is 1. The lowest BCUT2D eigenvalue weighted by Gasteiger charge is -2.32. The van der Waals surface area contributed by atoms with Crippen molar-refractivity contribution in [2.24, 2.45) is 0 Å². The molecule has 1 atom stereocenters. The zero-order chi connectivity index (χ0) is 18.8. The highest BCUT2D eigenvalue weighted by molar-refractivity contribution is 5.91. The first-order valence-corrected chi connectivity index (χ1v) is 9.21. The highest BCUT2D eigenvalue weighted by atomic mass is 19.1. The lowest BCUT2D eigenvalue weighted by Crippen LogP contribution is -2.41. The van der Waals surface area contributed by atoms with Crippen LogP contribution in [0.1, 0.15) is 18.2 Å². The Kier molecular flexibility index (Phi) is 4.90. The Bertz CT molecular complexity index is 962. The van der Waals surface area contributed by atoms with Gasteiger partial charge in [-0.3, -0.25) is 0 Å². The van der Waals surface area contributed by atoms with Crippen molar-refractivity contribution in [3.8, 4) is 0 Å². The molecule has 0 bridgehead atoms. The summed E-state index contributed by atoms with van der Waals surface area (Å²) in [5.41, 5.74) is 3.19. The quantitative estimate of drug-likeness (QED) is 0.759. The molecule has 0 radical (unpaired) electrons. The molecule has 0 aliphatic carbocycles. The second-order valence-corrected chi connectivity index (χ2v) is 6.95. The number of fused-ring (bicyclic) bond motifs is 1. The number of aryl methyl sites for hydroxylation is 1. The maximum absolute atomic E-state index is 14.1. The number of ether oxygens (including phenoxy) is 1. The zero-order valence-corrected chi connectivity index (χ0v) is 15.6. The van der Waals surface area contributed by atoms with Gasteiger partial charge in [0, 0.05) is 42.6 Å². The number of rotatable bonds is 4. The number of para-hydroxylation sites is 1. The Balaban J connectivity index is 1.55. The van der Waals surface area contributed by atoms with Crippen LogP contribution in [0.5, 0.6) is 0 Å². The van der Waals surface area contributed by atoms with E-state index in [-0.39, 0.29) is 11.9 Å². The van der Waals surface area contributed by atoms with Crippen LogP contribution in [-0.4, -0.2) is 35.8 Å². The molecule has 0 spiro atoms. The number of nitrogens with zero attached hydrogens (tertiary/aromatic N) is 3. The van der Waals surface area contributed by atoms with Gasteiger partial charge in [-0.05, 0) is 43.7 Å². The molecule has 1 N–H and O–H groups in total. The van der Waals surface area contributed by atoms with Crippen LogP contribution in [0.3, 0.4) is 0 Å². The van der Waals surface area contributed by atoms with Gasteiger partial charge in [0.05, 0.1) is 12.7 Å². The molecule has 1 saturated heterocycles. The largest absolute Gasteiger partial charge is 0.380 e. The second kappa shape index (κ2) is 7.48. The summed E-state index contributed by atoms with van der Waals surface area (Å²) >= 11 is 0. The first-order chi connectivity index (χ1) is 13.1. The van der Waals surface area contributed by atoms with Crippen molar-refractivity contribution in [3.63, 3.8) is 0 Å². The van der Waals surface area contributed by atoms with Crippen molar-refractivity contribution in [3.05, 3.63) is 59.7 Å². The van der Waals surface area contributed by atoms with E-state index in [0.29, 0.717) is 12.1 Å². The Labute approximate surface area is 158 Å². The zero-order valence-electron chi connectivity index (χ0n) is 15.6. The number of halogens is 1. The maximum atomic E-state index is 14.1. The molecule has 140 valence electrons. The number of benzene rings is 1. The van der Waals surface area contributed by atoms with E-state index >= 15 is 0 Å². The fraction of sp³-hybridized carbons (Fsp3) is 0.333. The van der Waals surface area contributed by atoms with Gasteiger partial charge in [0.2, 0.25) is 0 Å². The van der Waals surface area contributed by atoms with Crippen LogP contribution in [0.25, 0.3) is 10.9 Å². The number of hydrogen-bond donors (Lipinski definition) is 1. The van der Waals surface area contributed by atoms with E-state index in [1.807, 2.05) is 31.3 Å². The van der Waals surface area contributed by atoms with Crippen LogP contribution in [0.15, 0.2) is 42.6 Å². The Morgan fingerprint density at radius 2 is 2.19 bits per heavy atom. The van der Waals surface area contributed by atoms with Crippen molar-refractivity contribution >= 4 is 22.4 Å². The van der Waals surface area contributed by atoms with Crippen LogP contribution in [-0.2, 0) is 11.3 Å². The van der Waals surface area contributed by atoms with Crippen molar-refractivity contribution in [1.82, 2.24) is 9.97 Å². The molecule has 6 heteroatoms. The number of anilines is 2. The fourth-order valence-electron chi connectivity index (χ4n) is 3.46. The van der Waals surface area contributed by atoms with E-state index in [1.165, 1.54) is 6.07 Å². The monoisotopic (exact) mass is 366 g/mol. The molecule has 4 rings (SSSR count). The summed E-state index contributed by atoms with van der Waals surface area (Å²) in [5.74, 6) is 0.665. The topological polar surface area (TPSA) is 50.3 Å². The van der Waals surface area contributed by atoms with E-state index in [0.717, 1.165) is 47.8 Å². The third kappa shape index (κ3) is 3.85. The van der Waals surface area contributed by atoms with Crippen LogP contribution >= 0.6 is 0 Å². The minimum atomic E-state index is -0.299. The number of nitrogens with one attached hydrogen (secondary N) is 1. The summed E-state index contributed by atoms with van der Waals surface area (Å²) in [6.07, 6.45) is 2.05. The highest BCUT2D eigenvalue weighted by Crippen LogP contribution is 2.26. The molecule has 1 aliphatic rings. The second-order valence-electron chi connectivity index (χ2n) is 6.95. The van der Waals surface area contributed by atoms with Gasteiger partial charge in [0.1, 0.15) is 17.2 Å². The Hall–Kier alpha value is -2.73. The molecular weight excluding hydrogens is 343 g/mol. The van der Waals surface area contributed by atoms with Crippen molar-refractivity contribution in [1.29, 1.82) is 0 Å².